The van der Waals surface area contributed by atoms with E-state index in [1.54, 1.807) is 0 Å². The third kappa shape index (κ3) is 2.27. The molecule has 2 aromatic carbocycles. The Morgan fingerprint density at radius 1 is 0.833 bits per heavy atom. The fourth-order valence-corrected chi connectivity index (χ4v) is 3.60. The predicted octanol–water partition coefficient (Wildman–Crippen LogP) is 5.49. The number of benzene rings is 2. The van der Waals surface area contributed by atoms with Crippen LogP contribution >= 0.6 is 11.6 Å². The van der Waals surface area contributed by atoms with E-state index in [0.717, 1.165) is 6.42 Å². The lowest BCUT2D eigenvalue weighted by Crippen LogP contribution is -2.11. The van der Waals surface area contributed by atoms with E-state index >= 15 is 0 Å². The van der Waals surface area contributed by atoms with Crippen molar-refractivity contribution in [2.75, 3.05) is 0 Å². The number of hydrogen-bond donors (Lipinski definition) is 0. The van der Waals surface area contributed by atoms with Gasteiger partial charge in [0.25, 0.3) is 0 Å². The van der Waals surface area contributed by atoms with Gasteiger partial charge < -0.3 is 0 Å². The van der Waals surface area contributed by atoms with Gasteiger partial charge in [-0.2, -0.15) is 0 Å². The van der Waals surface area contributed by atoms with E-state index in [-0.39, 0.29) is 0 Å². The summed E-state index contributed by atoms with van der Waals surface area (Å²) in [5.41, 5.74) is 1.45. The van der Waals surface area contributed by atoms with Crippen LogP contribution in [0.15, 0.2) is 42.5 Å². The normalized spacial score (nSPS) is 24.9. The van der Waals surface area contributed by atoms with Crippen molar-refractivity contribution < 1.29 is 0 Å². The van der Waals surface area contributed by atoms with Crippen LogP contribution in [0.4, 0.5) is 0 Å². The number of hydrogen-bond acceptors (Lipinski definition) is 0. The maximum atomic E-state index is 6.62. The molecule has 1 fully saturated rings. The molecule has 0 nitrogen and oxygen atoms in total. The summed E-state index contributed by atoms with van der Waals surface area (Å²) >= 11 is 6.62. The molecule has 1 aliphatic rings. The van der Waals surface area contributed by atoms with E-state index in [1.165, 1.54) is 42.0 Å². The van der Waals surface area contributed by atoms with E-state index in [9.17, 15) is 0 Å². The zero-order valence-corrected chi connectivity index (χ0v) is 11.4. The highest BCUT2D eigenvalue weighted by Gasteiger charge is 2.24. The van der Waals surface area contributed by atoms with E-state index in [4.69, 9.17) is 11.6 Å². The lowest BCUT2D eigenvalue weighted by atomic mass is 9.88. The van der Waals surface area contributed by atoms with Gasteiger partial charge in [-0.25, -0.2) is 0 Å². The van der Waals surface area contributed by atoms with Crippen molar-refractivity contribution in [2.24, 2.45) is 0 Å². The Hall–Kier alpha value is -1.01. The summed E-state index contributed by atoms with van der Waals surface area (Å²) in [4.78, 5) is 0. The minimum absolute atomic E-state index is 0.304. The van der Waals surface area contributed by atoms with Crippen molar-refractivity contribution in [1.82, 2.24) is 0 Å². The Morgan fingerprint density at radius 3 is 2.56 bits per heavy atom. The lowest BCUT2D eigenvalue weighted by molar-refractivity contribution is 0.604. The van der Waals surface area contributed by atoms with Gasteiger partial charge >= 0.3 is 0 Å². The van der Waals surface area contributed by atoms with Gasteiger partial charge in [0, 0.05) is 11.3 Å². The minimum atomic E-state index is 0.304. The maximum Gasteiger partial charge on any atom is 0.0404 e. The molecule has 18 heavy (non-hydrogen) atoms. The van der Waals surface area contributed by atoms with Crippen LogP contribution in [-0.4, -0.2) is 5.38 Å². The molecule has 1 saturated carbocycles. The Labute approximate surface area is 114 Å². The van der Waals surface area contributed by atoms with Gasteiger partial charge in [-0.15, -0.1) is 11.6 Å². The minimum Gasteiger partial charge on any atom is -0.122 e. The van der Waals surface area contributed by atoms with Gasteiger partial charge in [-0.3, -0.25) is 0 Å². The first-order valence-corrected chi connectivity index (χ1v) is 7.41. The zero-order chi connectivity index (χ0) is 12.4. The second kappa shape index (κ2) is 5.32. The summed E-state index contributed by atoms with van der Waals surface area (Å²) in [6.45, 7) is 0. The SMILES string of the molecule is ClC1CCCCCC1c1cccc2ccccc12. The smallest absolute Gasteiger partial charge is 0.0404 e. The Bertz CT molecular complexity index is 527. The van der Waals surface area contributed by atoms with Crippen molar-refractivity contribution in [3.8, 4) is 0 Å². The van der Waals surface area contributed by atoms with E-state index < -0.39 is 0 Å². The number of rotatable bonds is 1. The van der Waals surface area contributed by atoms with Gasteiger partial charge in [-0.05, 0) is 29.2 Å². The van der Waals surface area contributed by atoms with Crippen LogP contribution in [0.25, 0.3) is 10.8 Å². The molecule has 0 N–H and O–H groups in total. The Morgan fingerprint density at radius 2 is 1.61 bits per heavy atom. The maximum absolute atomic E-state index is 6.62. The summed E-state index contributed by atoms with van der Waals surface area (Å²) < 4.78 is 0. The summed E-state index contributed by atoms with van der Waals surface area (Å²) in [6, 6.07) is 15.3. The topological polar surface area (TPSA) is 0 Å². The zero-order valence-electron chi connectivity index (χ0n) is 10.6. The van der Waals surface area contributed by atoms with Crippen LogP contribution in [0.5, 0.6) is 0 Å². The van der Waals surface area contributed by atoms with Crippen LogP contribution in [-0.2, 0) is 0 Å². The van der Waals surface area contributed by atoms with Crippen molar-refractivity contribution in [1.29, 1.82) is 0 Å². The summed E-state index contributed by atoms with van der Waals surface area (Å²) in [6.07, 6.45) is 6.34. The molecular formula is C17H19Cl. The average Bonchev–Trinajstić information content (AvgIpc) is 2.63. The Balaban J connectivity index is 2.07. The fourth-order valence-electron chi connectivity index (χ4n) is 3.19. The monoisotopic (exact) mass is 258 g/mol. The van der Waals surface area contributed by atoms with E-state index in [1.807, 2.05) is 0 Å². The van der Waals surface area contributed by atoms with Crippen molar-refractivity contribution >= 4 is 22.4 Å². The largest absolute Gasteiger partial charge is 0.122 e. The molecule has 2 unspecified atom stereocenters. The van der Waals surface area contributed by atoms with Gasteiger partial charge in [-0.1, -0.05) is 61.7 Å². The van der Waals surface area contributed by atoms with Crippen LogP contribution < -0.4 is 0 Å². The molecule has 0 aromatic heterocycles. The van der Waals surface area contributed by atoms with Crippen LogP contribution in [0.1, 0.15) is 43.6 Å². The molecule has 2 aromatic rings. The first kappa shape index (κ1) is 12.0. The number of halogens is 1. The lowest BCUT2D eigenvalue weighted by Gasteiger charge is -2.21. The van der Waals surface area contributed by atoms with Gasteiger partial charge in [0.2, 0.25) is 0 Å². The van der Waals surface area contributed by atoms with Crippen molar-refractivity contribution in [2.45, 2.75) is 43.4 Å². The third-order valence-corrected chi connectivity index (χ3v) is 4.68. The molecule has 0 saturated heterocycles. The molecule has 94 valence electrons. The van der Waals surface area contributed by atoms with Crippen LogP contribution in [0.3, 0.4) is 0 Å². The third-order valence-electron chi connectivity index (χ3n) is 4.15. The van der Waals surface area contributed by atoms with Crippen LogP contribution in [0.2, 0.25) is 0 Å². The molecule has 3 rings (SSSR count). The number of fused-ring (bicyclic) bond motifs is 1. The van der Waals surface area contributed by atoms with Crippen LogP contribution in [0, 0.1) is 0 Å². The second-order valence-electron chi connectivity index (χ2n) is 5.33. The fraction of sp³-hybridized carbons (Fsp3) is 0.412. The molecule has 0 heterocycles. The van der Waals surface area contributed by atoms with E-state index in [0.29, 0.717) is 11.3 Å². The molecule has 0 spiro atoms. The first-order chi connectivity index (χ1) is 8.86. The van der Waals surface area contributed by atoms with Crippen molar-refractivity contribution in [3.05, 3.63) is 48.0 Å². The molecule has 1 heteroatoms. The highest BCUT2D eigenvalue weighted by molar-refractivity contribution is 6.21. The summed E-state index contributed by atoms with van der Waals surface area (Å²) in [5, 5.41) is 3.03. The average molecular weight is 259 g/mol. The molecule has 0 amide bonds. The summed E-state index contributed by atoms with van der Waals surface area (Å²) in [5.74, 6) is 0.528. The standard InChI is InChI=1S/C17H19Cl/c18-17-12-3-1-2-10-16(17)15-11-6-8-13-7-4-5-9-14(13)15/h4-9,11,16-17H,1-3,10,12H2. The quantitative estimate of drug-likeness (QED) is 0.468. The molecule has 1 aliphatic carbocycles. The number of alkyl halides is 1. The highest BCUT2D eigenvalue weighted by Crippen LogP contribution is 2.38. The first-order valence-electron chi connectivity index (χ1n) is 6.98. The highest BCUT2D eigenvalue weighted by atomic mass is 35.5. The Kier molecular flexibility index (Phi) is 3.56. The van der Waals surface area contributed by atoms with Gasteiger partial charge in [0.15, 0.2) is 0 Å². The van der Waals surface area contributed by atoms with Gasteiger partial charge in [0.1, 0.15) is 0 Å². The molecular weight excluding hydrogens is 240 g/mol. The molecule has 0 bridgehead atoms. The predicted molar refractivity (Wildman–Crippen MR) is 79.4 cm³/mol. The molecule has 0 aliphatic heterocycles. The summed E-state index contributed by atoms with van der Waals surface area (Å²) in [7, 11) is 0. The van der Waals surface area contributed by atoms with Crippen molar-refractivity contribution in [3.63, 3.8) is 0 Å². The molecule has 2 atom stereocenters. The molecule has 0 radical (unpaired) electrons. The van der Waals surface area contributed by atoms with E-state index in [2.05, 4.69) is 42.5 Å². The second-order valence-corrected chi connectivity index (χ2v) is 5.89. The van der Waals surface area contributed by atoms with Gasteiger partial charge in [0.05, 0.1) is 0 Å².